The summed E-state index contributed by atoms with van der Waals surface area (Å²) in [6.45, 7) is 8.72. The van der Waals surface area contributed by atoms with Crippen LogP contribution in [0.5, 0.6) is 0 Å². The van der Waals surface area contributed by atoms with Crippen LogP contribution >= 0.6 is 0 Å². The molecule has 0 amide bonds. The van der Waals surface area contributed by atoms with Gasteiger partial charge in [-0.3, -0.25) is 0 Å². The molecular weight excluding hydrogens is 488 g/mol. The van der Waals surface area contributed by atoms with Crippen LogP contribution in [0.15, 0.2) is 103 Å². The molecule has 0 saturated carbocycles. The summed E-state index contributed by atoms with van der Waals surface area (Å²) in [6.07, 6.45) is -0.492. The summed E-state index contributed by atoms with van der Waals surface area (Å²) in [7, 11) is -2.14. The molecule has 1 unspecified atom stereocenters. The molecule has 4 aromatic carbocycles. The topological polar surface area (TPSA) is 70.7 Å². The maximum Gasteiger partial charge on any atom is 0.212 e. The van der Waals surface area contributed by atoms with Crippen LogP contribution in [0.1, 0.15) is 22.8 Å². The van der Waals surface area contributed by atoms with E-state index in [4.69, 9.17) is 14.9 Å². The number of hydrogen-bond donors (Lipinski definition) is 0. The molecule has 1 atom stereocenters. The Morgan fingerprint density at radius 3 is 1.68 bits per heavy atom. The first kappa shape index (κ1) is 24.2. The average molecular weight is 519 g/mol. The van der Waals surface area contributed by atoms with Gasteiger partial charge in [-0.05, 0) is 56.4 Å². The second-order valence-corrected chi connectivity index (χ2v) is 15.1. The molecule has 0 N–H and O–H groups in total. The van der Waals surface area contributed by atoms with Crippen molar-refractivity contribution in [3.8, 4) is 0 Å². The number of benzene rings is 4. The average Bonchev–Trinajstić information content (AvgIpc) is 3.55. The fraction of sp³-hybridized carbons (Fsp3) is 0.200. The van der Waals surface area contributed by atoms with E-state index in [-0.39, 0.29) is 0 Å². The Morgan fingerprint density at radius 2 is 1.16 bits per heavy atom. The quantitative estimate of drug-likeness (QED) is 0.231. The van der Waals surface area contributed by atoms with Crippen molar-refractivity contribution in [2.24, 2.45) is 0 Å². The van der Waals surface area contributed by atoms with Crippen LogP contribution in [0.25, 0.3) is 22.1 Å². The van der Waals surface area contributed by atoms with Gasteiger partial charge in [0.25, 0.3) is 0 Å². The lowest BCUT2D eigenvalue weighted by Gasteiger charge is -2.44. The SMILES string of the molecule is Cc1ccc(C(C(O[Si](C)(C)C)c2ccccc2)(n2nnc3ccccc32)n2nnc3ccccc32)cc1. The van der Waals surface area contributed by atoms with Crippen molar-refractivity contribution in [2.75, 3.05) is 0 Å². The van der Waals surface area contributed by atoms with Gasteiger partial charge < -0.3 is 4.43 Å². The molecular formula is C30H30N6OSi. The molecule has 0 aliphatic heterocycles. The van der Waals surface area contributed by atoms with Crippen LogP contribution in [0.2, 0.25) is 19.6 Å². The first-order valence-corrected chi connectivity index (χ1v) is 16.2. The van der Waals surface area contributed by atoms with Crippen LogP contribution in [0, 0.1) is 6.92 Å². The predicted molar refractivity (Wildman–Crippen MR) is 152 cm³/mol. The maximum absolute atomic E-state index is 7.18. The highest BCUT2D eigenvalue weighted by Gasteiger charge is 2.51. The van der Waals surface area contributed by atoms with E-state index in [1.54, 1.807) is 0 Å². The second kappa shape index (κ2) is 9.31. The van der Waals surface area contributed by atoms with Crippen molar-refractivity contribution in [3.63, 3.8) is 0 Å². The number of fused-ring (bicyclic) bond motifs is 2. The van der Waals surface area contributed by atoms with Crippen molar-refractivity contribution in [1.29, 1.82) is 0 Å². The normalized spacial score (nSPS) is 13.3. The molecule has 8 heteroatoms. The third-order valence-corrected chi connectivity index (χ3v) is 7.71. The van der Waals surface area contributed by atoms with E-state index < -0.39 is 20.1 Å². The van der Waals surface area contributed by atoms with Gasteiger partial charge in [0.1, 0.15) is 17.1 Å². The number of aryl methyl sites for hydroxylation is 1. The lowest BCUT2D eigenvalue weighted by atomic mass is 9.87. The number of rotatable bonds is 7. The van der Waals surface area contributed by atoms with Gasteiger partial charge in [-0.2, -0.15) is 0 Å². The lowest BCUT2D eigenvalue weighted by molar-refractivity contribution is 0.0390. The van der Waals surface area contributed by atoms with Gasteiger partial charge in [-0.25, -0.2) is 9.36 Å². The van der Waals surface area contributed by atoms with Gasteiger partial charge in [0, 0.05) is 5.56 Å². The zero-order valence-electron chi connectivity index (χ0n) is 22.0. The molecule has 190 valence electrons. The van der Waals surface area contributed by atoms with Crippen LogP contribution in [-0.2, 0) is 10.1 Å². The minimum atomic E-state index is -2.14. The first-order valence-electron chi connectivity index (χ1n) is 12.8. The summed E-state index contributed by atoms with van der Waals surface area (Å²) >= 11 is 0. The van der Waals surface area contributed by atoms with Crippen molar-refractivity contribution < 1.29 is 4.43 Å². The van der Waals surface area contributed by atoms with E-state index >= 15 is 0 Å². The Labute approximate surface area is 222 Å². The molecule has 0 bridgehead atoms. The second-order valence-electron chi connectivity index (χ2n) is 10.6. The van der Waals surface area contributed by atoms with E-state index in [1.165, 1.54) is 0 Å². The van der Waals surface area contributed by atoms with Gasteiger partial charge in [0.05, 0.1) is 11.0 Å². The summed E-state index contributed by atoms with van der Waals surface area (Å²) in [6, 6.07) is 34.9. The van der Waals surface area contributed by atoms with Crippen LogP contribution in [0.3, 0.4) is 0 Å². The Hall–Kier alpha value is -4.14. The molecule has 6 rings (SSSR count). The van der Waals surface area contributed by atoms with Gasteiger partial charge in [0.15, 0.2) is 8.32 Å². The summed E-state index contributed by atoms with van der Waals surface area (Å²) in [5.74, 6) is 0. The monoisotopic (exact) mass is 518 g/mol. The Kier molecular flexibility index (Phi) is 5.93. The van der Waals surface area contributed by atoms with Gasteiger partial charge in [-0.1, -0.05) is 94.9 Å². The van der Waals surface area contributed by atoms with E-state index in [0.717, 1.165) is 38.8 Å². The molecule has 2 aromatic heterocycles. The van der Waals surface area contributed by atoms with E-state index in [9.17, 15) is 0 Å². The molecule has 0 radical (unpaired) electrons. The van der Waals surface area contributed by atoms with Crippen molar-refractivity contribution >= 4 is 30.4 Å². The number of nitrogens with zero attached hydrogens (tertiary/aromatic N) is 6. The largest absolute Gasteiger partial charge is 0.406 e. The molecule has 0 fully saturated rings. The predicted octanol–water partition coefficient (Wildman–Crippen LogP) is 6.33. The summed E-state index contributed by atoms with van der Waals surface area (Å²) in [4.78, 5) is 0. The lowest BCUT2D eigenvalue weighted by Crippen LogP contribution is -2.52. The fourth-order valence-corrected chi connectivity index (χ4v) is 6.12. The molecule has 0 aliphatic carbocycles. The van der Waals surface area contributed by atoms with Crippen molar-refractivity contribution in [3.05, 3.63) is 120 Å². The smallest absolute Gasteiger partial charge is 0.212 e. The standard InChI is InChI=1S/C30H30N6OSi/c1-22-18-20-24(21-19-22)30(35-27-16-10-8-14-25(27)31-33-35,36-28-17-11-9-15-26(28)32-34-36)29(37-38(2,3)4)23-12-6-5-7-13-23/h5-21,29H,1-4H3. The molecule has 0 aliphatic rings. The van der Waals surface area contributed by atoms with E-state index in [2.05, 4.69) is 85.3 Å². The summed E-state index contributed by atoms with van der Waals surface area (Å²) < 4.78 is 11.1. The zero-order chi connectivity index (χ0) is 26.3. The zero-order valence-corrected chi connectivity index (χ0v) is 23.0. The highest BCUT2D eigenvalue weighted by Crippen LogP contribution is 2.46. The number of aromatic nitrogens is 6. The third kappa shape index (κ3) is 4.02. The first-order chi connectivity index (χ1) is 18.4. The number of hydrogen-bond acceptors (Lipinski definition) is 5. The Bertz CT molecular complexity index is 1630. The fourth-order valence-electron chi connectivity index (χ4n) is 5.11. The number of para-hydroxylation sites is 2. The highest BCUT2D eigenvalue weighted by molar-refractivity contribution is 6.69. The summed E-state index contributed by atoms with van der Waals surface area (Å²) in [5.41, 5.74) is 5.44. The van der Waals surface area contributed by atoms with Gasteiger partial charge in [0.2, 0.25) is 5.66 Å². The Balaban J connectivity index is 1.82. The molecule has 0 saturated heterocycles. The van der Waals surface area contributed by atoms with E-state index in [0.29, 0.717) is 0 Å². The molecule has 7 nitrogen and oxygen atoms in total. The third-order valence-electron chi connectivity index (χ3n) is 6.77. The summed E-state index contributed by atoms with van der Waals surface area (Å²) in [5, 5.41) is 18.8. The van der Waals surface area contributed by atoms with Crippen LogP contribution in [0.4, 0.5) is 0 Å². The van der Waals surface area contributed by atoms with Crippen LogP contribution in [-0.4, -0.2) is 38.3 Å². The molecule has 2 heterocycles. The van der Waals surface area contributed by atoms with Gasteiger partial charge >= 0.3 is 0 Å². The molecule has 0 spiro atoms. The van der Waals surface area contributed by atoms with E-state index in [1.807, 2.05) is 64.0 Å². The minimum Gasteiger partial charge on any atom is -0.406 e. The Morgan fingerprint density at radius 1 is 0.658 bits per heavy atom. The van der Waals surface area contributed by atoms with Crippen LogP contribution < -0.4 is 0 Å². The van der Waals surface area contributed by atoms with Crippen molar-refractivity contribution in [2.45, 2.75) is 38.3 Å². The molecule has 6 aromatic rings. The maximum atomic E-state index is 7.18. The minimum absolute atomic E-state index is 0.492. The van der Waals surface area contributed by atoms with Gasteiger partial charge in [-0.15, -0.1) is 10.2 Å². The highest BCUT2D eigenvalue weighted by atomic mass is 28.4. The molecule has 38 heavy (non-hydrogen) atoms. The van der Waals surface area contributed by atoms with Crippen molar-refractivity contribution in [1.82, 2.24) is 30.0 Å².